The summed E-state index contributed by atoms with van der Waals surface area (Å²) >= 11 is 1.47. The number of carbonyl (C=O) groups excluding carboxylic acids is 2. The molecule has 3 rings (SSSR count). The maximum absolute atomic E-state index is 12.7. The molecule has 0 N–H and O–H groups in total. The Labute approximate surface area is 156 Å². The maximum atomic E-state index is 12.7. The van der Waals surface area contributed by atoms with E-state index in [2.05, 4.69) is 4.90 Å². The van der Waals surface area contributed by atoms with Crippen LogP contribution in [-0.2, 0) is 0 Å². The molecule has 0 atom stereocenters. The third-order valence-corrected chi connectivity index (χ3v) is 5.36. The van der Waals surface area contributed by atoms with Gasteiger partial charge in [-0.1, -0.05) is 6.07 Å². The third kappa shape index (κ3) is 4.05. The number of nitrogens with zero attached hydrogens (tertiary/aromatic N) is 2. The number of Topliss-reactive ketones (excluding diaryl/α,β-unsaturated/α-hetero) is 1. The first-order chi connectivity index (χ1) is 12.6. The van der Waals surface area contributed by atoms with Crippen LogP contribution in [0.5, 0.6) is 11.5 Å². The van der Waals surface area contributed by atoms with Gasteiger partial charge < -0.3 is 14.4 Å². The highest BCUT2D eigenvalue weighted by atomic mass is 32.1. The lowest BCUT2D eigenvalue weighted by molar-refractivity contribution is 0.0624. The predicted octanol–water partition coefficient (Wildman–Crippen LogP) is 2.41. The molecule has 1 aliphatic rings. The molecule has 138 valence electrons. The van der Waals surface area contributed by atoms with Crippen LogP contribution >= 0.6 is 11.3 Å². The lowest BCUT2D eigenvalue weighted by Crippen LogP contribution is -2.49. The van der Waals surface area contributed by atoms with Gasteiger partial charge in [0.25, 0.3) is 5.91 Å². The highest BCUT2D eigenvalue weighted by Gasteiger charge is 2.24. The molecule has 2 heterocycles. The van der Waals surface area contributed by atoms with Crippen molar-refractivity contribution in [1.29, 1.82) is 0 Å². The van der Waals surface area contributed by atoms with Crippen molar-refractivity contribution in [3.63, 3.8) is 0 Å². The number of hydrogen-bond acceptors (Lipinski definition) is 6. The number of ketones is 1. The van der Waals surface area contributed by atoms with E-state index in [4.69, 9.17) is 9.47 Å². The van der Waals surface area contributed by atoms with Crippen LogP contribution in [0.1, 0.15) is 20.0 Å². The number of benzene rings is 1. The molecule has 0 radical (unpaired) electrons. The van der Waals surface area contributed by atoms with Gasteiger partial charge >= 0.3 is 0 Å². The SMILES string of the molecule is COc1ccc(C(=O)N2CCN(CC(=O)c3cccs3)CC2)cc1OC. The fraction of sp³-hybridized carbons (Fsp3) is 0.368. The summed E-state index contributed by atoms with van der Waals surface area (Å²) in [5.41, 5.74) is 0.575. The maximum Gasteiger partial charge on any atom is 0.254 e. The summed E-state index contributed by atoms with van der Waals surface area (Å²) in [6.07, 6.45) is 0. The molecule has 2 aromatic rings. The molecule has 1 amide bonds. The van der Waals surface area contributed by atoms with Crippen molar-refractivity contribution in [2.24, 2.45) is 0 Å². The van der Waals surface area contributed by atoms with Crippen molar-refractivity contribution < 1.29 is 19.1 Å². The summed E-state index contributed by atoms with van der Waals surface area (Å²) in [5.74, 6) is 1.24. The second-order valence-corrected chi connectivity index (χ2v) is 6.99. The van der Waals surface area contributed by atoms with Gasteiger partial charge in [0.2, 0.25) is 0 Å². The molecule has 0 aliphatic carbocycles. The van der Waals surface area contributed by atoms with Crippen molar-refractivity contribution in [3.8, 4) is 11.5 Å². The Balaban J connectivity index is 1.57. The highest BCUT2D eigenvalue weighted by Crippen LogP contribution is 2.28. The number of thiophene rings is 1. The minimum atomic E-state index is -0.0322. The van der Waals surface area contributed by atoms with Crippen molar-refractivity contribution >= 4 is 23.0 Å². The minimum Gasteiger partial charge on any atom is -0.493 e. The topological polar surface area (TPSA) is 59.1 Å². The Bertz CT molecular complexity index is 768. The van der Waals surface area contributed by atoms with E-state index in [9.17, 15) is 9.59 Å². The van der Waals surface area contributed by atoms with Crippen LogP contribution < -0.4 is 9.47 Å². The predicted molar refractivity (Wildman–Crippen MR) is 101 cm³/mol. The monoisotopic (exact) mass is 374 g/mol. The van der Waals surface area contributed by atoms with Gasteiger partial charge in [0.1, 0.15) is 0 Å². The molecule has 1 aliphatic heterocycles. The van der Waals surface area contributed by atoms with Gasteiger partial charge in [-0.25, -0.2) is 0 Å². The summed E-state index contributed by atoms with van der Waals surface area (Å²) in [6, 6.07) is 8.92. The molecule has 0 saturated carbocycles. The zero-order valence-electron chi connectivity index (χ0n) is 14.9. The number of rotatable bonds is 6. The standard InChI is InChI=1S/C19H22N2O4S/c1-24-16-6-5-14(12-17(16)25-2)19(23)21-9-7-20(8-10-21)13-15(22)18-4-3-11-26-18/h3-6,11-12H,7-10,13H2,1-2H3. The van der Waals surface area contributed by atoms with Crippen LogP contribution in [0, 0.1) is 0 Å². The van der Waals surface area contributed by atoms with Crippen molar-refractivity contribution in [2.45, 2.75) is 0 Å². The van der Waals surface area contributed by atoms with Crippen LogP contribution in [0.3, 0.4) is 0 Å². The smallest absolute Gasteiger partial charge is 0.254 e. The lowest BCUT2D eigenvalue weighted by Gasteiger charge is -2.34. The van der Waals surface area contributed by atoms with Crippen LogP contribution in [0.15, 0.2) is 35.7 Å². The lowest BCUT2D eigenvalue weighted by atomic mass is 10.1. The zero-order chi connectivity index (χ0) is 18.5. The molecule has 1 aromatic heterocycles. The average Bonchev–Trinajstić information content (AvgIpc) is 3.22. The quantitative estimate of drug-likeness (QED) is 0.727. The molecule has 0 bridgehead atoms. The summed E-state index contributed by atoms with van der Waals surface area (Å²) in [7, 11) is 3.12. The summed E-state index contributed by atoms with van der Waals surface area (Å²) in [4.78, 5) is 29.6. The fourth-order valence-electron chi connectivity index (χ4n) is 2.98. The highest BCUT2D eigenvalue weighted by molar-refractivity contribution is 7.12. The molecule has 1 fully saturated rings. The number of amides is 1. The van der Waals surface area contributed by atoms with Gasteiger partial charge in [-0.05, 0) is 29.6 Å². The van der Waals surface area contributed by atoms with Gasteiger partial charge in [0.05, 0.1) is 25.6 Å². The van der Waals surface area contributed by atoms with E-state index < -0.39 is 0 Å². The minimum absolute atomic E-state index is 0.0322. The van der Waals surface area contributed by atoms with Crippen LogP contribution in [0.25, 0.3) is 0 Å². The van der Waals surface area contributed by atoms with Crippen LogP contribution in [0.2, 0.25) is 0 Å². The molecule has 1 aromatic carbocycles. The third-order valence-electron chi connectivity index (χ3n) is 4.45. The normalized spacial score (nSPS) is 14.9. The average molecular weight is 374 g/mol. The van der Waals surface area contributed by atoms with E-state index in [1.165, 1.54) is 11.3 Å². The molecule has 6 nitrogen and oxygen atoms in total. The molecular weight excluding hydrogens is 352 g/mol. The Hall–Kier alpha value is -2.38. The Morgan fingerprint density at radius 2 is 1.77 bits per heavy atom. The number of hydrogen-bond donors (Lipinski definition) is 0. The molecule has 26 heavy (non-hydrogen) atoms. The largest absolute Gasteiger partial charge is 0.493 e. The number of methoxy groups -OCH3 is 2. The first-order valence-electron chi connectivity index (χ1n) is 8.42. The van der Waals surface area contributed by atoms with Crippen molar-refractivity contribution in [1.82, 2.24) is 9.80 Å². The number of piperazine rings is 1. The summed E-state index contributed by atoms with van der Waals surface area (Å²) < 4.78 is 10.5. The molecule has 1 saturated heterocycles. The fourth-order valence-corrected chi connectivity index (χ4v) is 3.64. The molecular formula is C19H22N2O4S. The van der Waals surface area contributed by atoms with Crippen molar-refractivity contribution in [3.05, 3.63) is 46.2 Å². The molecule has 0 unspecified atom stereocenters. The van der Waals surface area contributed by atoms with E-state index in [0.29, 0.717) is 49.8 Å². The van der Waals surface area contributed by atoms with Gasteiger partial charge in [-0.2, -0.15) is 0 Å². The first kappa shape index (κ1) is 18.4. The first-order valence-corrected chi connectivity index (χ1v) is 9.30. The molecule has 7 heteroatoms. The van der Waals surface area contributed by atoms with Crippen LogP contribution in [-0.4, -0.2) is 68.4 Å². The van der Waals surface area contributed by atoms with Gasteiger partial charge in [0.15, 0.2) is 17.3 Å². The van der Waals surface area contributed by atoms with E-state index in [1.807, 2.05) is 22.4 Å². The summed E-state index contributed by atoms with van der Waals surface area (Å²) in [5, 5.41) is 1.91. The Morgan fingerprint density at radius 3 is 2.38 bits per heavy atom. The van der Waals surface area contributed by atoms with E-state index >= 15 is 0 Å². The van der Waals surface area contributed by atoms with Gasteiger partial charge in [-0.3, -0.25) is 14.5 Å². The summed E-state index contributed by atoms with van der Waals surface area (Å²) in [6.45, 7) is 2.99. The van der Waals surface area contributed by atoms with Crippen LogP contribution in [0.4, 0.5) is 0 Å². The van der Waals surface area contributed by atoms with Gasteiger partial charge in [-0.15, -0.1) is 11.3 Å². The zero-order valence-corrected chi connectivity index (χ0v) is 15.8. The molecule has 0 spiro atoms. The van der Waals surface area contributed by atoms with Gasteiger partial charge in [0, 0.05) is 31.7 Å². The van der Waals surface area contributed by atoms with E-state index in [-0.39, 0.29) is 11.7 Å². The van der Waals surface area contributed by atoms with E-state index in [0.717, 1.165) is 4.88 Å². The van der Waals surface area contributed by atoms with E-state index in [1.54, 1.807) is 32.4 Å². The second-order valence-electron chi connectivity index (χ2n) is 6.04. The number of carbonyl (C=O) groups is 2. The second kappa shape index (κ2) is 8.33. The Morgan fingerprint density at radius 1 is 1.04 bits per heavy atom. The Kier molecular flexibility index (Phi) is 5.90. The number of ether oxygens (including phenoxy) is 2. The van der Waals surface area contributed by atoms with Crippen molar-refractivity contribution in [2.75, 3.05) is 46.9 Å².